The van der Waals surface area contributed by atoms with Crippen molar-refractivity contribution in [2.24, 2.45) is 0 Å². The number of nitrogens with one attached hydrogen (secondary N) is 1. The number of nitro groups is 1. The van der Waals surface area contributed by atoms with Crippen LogP contribution in [0.5, 0.6) is 5.75 Å². The van der Waals surface area contributed by atoms with Gasteiger partial charge in [-0.15, -0.1) is 0 Å². The van der Waals surface area contributed by atoms with E-state index in [1.807, 2.05) is 0 Å². The molecule has 120 valence electrons. The summed E-state index contributed by atoms with van der Waals surface area (Å²) in [6.07, 6.45) is 1.46. The number of carbonyl (C=O) groups is 2. The number of carboxylic acid groups (broad SMARTS) is 1. The Morgan fingerprint density at radius 2 is 2.13 bits per heavy atom. The van der Waals surface area contributed by atoms with Gasteiger partial charge in [0.15, 0.2) is 12.4 Å². The fraction of sp³-hybridized carbons (Fsp3) is 0.143. The van der Waals surface area contributed by atoms with Crippen LogP contribution >= 0.6 is 0 Å². The third-order valence-electron chi connectivity index (χ3n) is 2.80. The van der Waals surface area contributed by atoms with Crippen LogP contribution in [0.3, 0.4) is 0 Å². The summed E-state index contributed by atoms with van der Waals surface area (Å²) < 4.78 is 10.1. The molecule has 0 bridgehead atoms. The van der Waals surface area contributed by atoms with Crippen molar-refractivity contribution in [2.45, 2.75) is 6.54 Å². The molecule has 0 radical (unpaired) electrons. The third-order valence-corrected chi connectivity index (χ3v) is 2.80. The molecule has 0 aliphatic heterocycles. The molecule has 0 aliphatic rings. The topological polar surface area (TPSA) is 132 Å². The van der Waals surface area contributed by atoms with Gasteiger partial charge in [-0.1, -0.05) is 0 Å². The number of amides is 1. The predicted octanol–water partition coefficient (Wildman–Crippen LogP) is 1.58. The van der Waals surface area contributed by atoms with Crippen LogP contribution in [0.1, 0.15) is 16.1 Å². The molecule has 0 unspecified atom stereocenters. The fourth-order valence-electron chi connectivity index (χ4n) is 1.71. The van der Waals surface area contributed by atoms with Crippen LogP contribution in [0.4, 0.5) is 5.69 Å². The first kappa shape index (κ1) is 16.0. The van der Waals surface area contributed by atoms with Gasteiger partial charge in [-0.05, 0) is 24.3 Å². The van der Waals surface area contributed by atoms with Gasteiger partial charge < -0.3 is 19.6 Å². The zero-order chi connectivity index (χ0) is 16.8. The average molecular weight is 320 g/mol. The van der Waals surface area contributed by atoms with E-state index in [4.69, 9.17) is 14.3 Å². The number of nitrogens with zero attached hydrogens (tertiary/aromatic N) is 1. The van der Waals surface area contributed by atoms with Gasteiger partial charge in [-0.2, -0.15) is 0 Å². The second-order valence-electron chi connectivity index (χ2n) is 4.39. The van der Waals surface area contributed by atoms with Crippen LogP contribution in [-0.2, 0) is 11.3 Å². The summed E-state index contributed by atoms with van der Waals surface area (Å²) >= 11 is 0. The summed E-state index contributed by atoms with van der Waals surface area (Å²) in [6, 6.07) is 6.52. The molecular weight excluding hydrogens is 308 g/mol. The Balaban J connectivity index is 1.97. The van der Waals surface area contributed by atoms with Crippen molar-refractivity contribution in [3.63, 3.8) is 0 Å². The molecular formula is C14H12N2O7. The van der Waals surface area contributed by atoms with Crippen molar-refractivity contribution in [1.29, 1.82) is 0 Å². The molecule has 1 heterocycles. The van der Waals surface area contributed by atoms with E-state index in [1.165, 1.54) is 6.26 Å². The van der Waals surface area contributed by atoms with Crippen molar-refractivity contribution in [1.82, 2.24) is 5.32 Å². The van der Waals surface area contributed by atoms with E-state index < -0.39 is 29.1 Å². The predicted molar refractivity (Wildman–Crippen MR) is 76.1 cm³/mol. The van der Waals surface area contributed by atoms with E-state index in [0.29, 0.717) is 5.76 Å². The number of aromatic carboxylic acids is 1. The van der Waals surface area contributed by atoms with Gasteiger partial charge in [0.1, 0.15) is 5.76 Å². The molecule has 9 nitrogen and oxygen atoms in total. The van der Waals surface area contributed by atoms with Gasteiger partial charge in [0.25, 0.3) is 5.91 Å². The summed E-state index contributed by atoms with van der Waals surface area (Å²) in [4.78, 5) is 32.6. The van der Waals surface area contributed by atoms with E-state index in [2.05, 4.69) is 5.32 Å². The molecule has 9 heteroatoms. The SMILES string of the molecule is O=C(COc1ccc(C(=O)O)cc1[N+](=O)[O-])NCc1ccco1. The smallest absolute Gasteiger partial charge is 0.335 e. The molecule has 0 atom stereocenters. The first-order chi connectivity index (χ1) is 11.0. The Morgan fingerprint density at radius 1 is 1.35 bits per heavy atom. The Hall–Kier alpha value is -3.36. The van der Waals surface area contributed by atoms with Crippen LogP contribution in [0.15, 0.2) is 41.0 Å². The first-order valence-electron chi connectivity index (χ1n) is 6.41. The monoisotopic (exact) mass is 320 g/mol. The van der Waals surface area contributed by atoms with Gasteiger partial charge in [0, 0.05) is 6.07 Å². The third kappa shape index (κ3) is 4.30. The van der Waals surface area contributed by atoms with Crippen molar-refractivity contribution in [3.05, 3.63) is 58.0 Å². The van der Waals surface area contributed by atoms with Gasteiger partial charge in [-0.25, -0.2) is 4.79 Å². The second-order valence-corrected chi connectivity index (χ2v) is 4.39. The van der Waals surface area contributed by atoms with Gasteiger partial charge in [-0.3, -0.25) is 14.9 Å². The molecule has 0 aliphatic carbocycles. The Bertz CT molecular complexity index is 725. The molecule has 0 saturated heterocycles. The summed E-state index contributed by atoms with van der Waals surface area (Å²) in [5.74, 6) is -1.43. The minimum absolute atomic E-state index is 0.162. The van der Waals surface area contributed by atoms with Crippen LogP contribution < -0.4 is 10.1 Å². The maximum Gasteiger partial charge on any atom is 0.335 e. The van der Waals surface area contributed by atoms with Crippen molar-refractivity contribution in [2.75, 3.05) is 6.61 Å². The highest BCUT2D eigenvalue weighted by Gasteiger charge is 2.19. The molecule has 0 fully saturated rings. The van der Waals surface area contributed by atoms with Gasteiger partial charge in [0.2, 0.25) is 0 Å². The lowest BCUT2D eigenvalue weighted by Gasteiger charge is -2.07. The first-order valence-corrected chi connectivity index (χ1v) is 6.41. The highest BCUT2D eigenvalue weighted by atomic mass is 16.6. The minimum atomic E-state index is -1.30. The molecule has 1 amide bonds. The number of hydrogen-bond acceptors (Lipinski definition) is 6. The summed E-state index contributed by atoms with van der Waals surface area (Å²) in [6.45, 7) is -0.288. The zero-order valence-corrected chi connectivity index (χ0v) is 11.7. The van der Waals surface area contributed by atoms with Crippen molar-refractivity contribution in [3.8, 4) is 5.75 Å². The Kier molecular flexibility index (Phi) is 4.92. The molecule has 1 aromatic carbocycles. The number of rotatable bonds is 7. The van der Waals surface area contributed by atoms with Gasteiger partial charge in [0.05, 0.1) is 23.3 Å². The van der Waals surface area contributed by atoms with Crippen LogP contribution in [0.25, 0.3) is 0 Å². The largest absolute Gasteiger partial charge is 0.478 e. The zero-order valence-electron chi connectivity index (χ0n) is 11.7. The van der Waals surface area contributed by atoms with Crippen LogP contribution in [0, 0.1) is 10.1 Å². The van der Waals surface area contributed by atoms with E-state index in [1.54, 1.807) is 12.1 Å². The highest BCUT2D eigenvalue weighted by molar-refractivity contribution is 5.89. The molecule has 2 aromatic rings. The normalized spacial score (nSPS) is 10.1. The standard InChI is InChI=1S/C14H12N2O7/c17-13(15-7-10-2-1-5-22-10)8-23-12-4-3-9(14(18)19)6-11(12)16(20)21/h1-6H,7-8H2,(H,15,17)(H,18,19). The number of carbonyl (C=O) groups excluding carboxylic acids is 1. The number of hydrogen-bond donors (Lipinski definition) is 2. The summed E-state index contributed by atoms with van der Waals surface area (Å²) in [7, 11) is 0. The van der Waals surface area contributed by atoms with E-state index in [-0.39, 0.29) is 17.9 Å². The fourth-order valence-corrected chi connectivity index (χ4v) is 1.71. The van der Waals surface area contributed by atoms with Crippen LogP contribution in [0.2, 0.25) is 0 Å². The maximum atomic E-state index is 11.6. The lowest BCUT2D eigenvalue weighted by molar-refractivity contribution is -0.385. The number of nitro benzene ring substituents is 1. The summed E-state index contributed by atoms with van der Waals surface area (Å²) in [5, 5.41) is 22.3. The van der Waals surface area contributed by atoms with Crippen LogP contribution in [-0.4, -0.2) is 28.5 Å². The van der Waals surface area contributed by atoms with Gasteiger partial charge >= 0.3 is 11.7 Å². The number of carboxylic acids is 1. The number of furan rings is 1. The molecule has 23 heavy (non-hydrogen) atoms. The van der Waals surface area contributed by atoms with E-state index in [9.17, 15) is 19.7 Å². The quantitative estimate of drug-likeness (QED) is 0.584. The Labute approximate surface area is 129 Å². The minimum Gasteiger partial charge on any atom is -0.478 e. The van der Waals surface area contributed by atoms with E-state index in [0.717, 1.165) is 18.2 Å². The van der Waals surface area contributed by atoms with Crippen molar-refractivity contribution >= 4 is 17.6 Å². The average Bonchev–Trinajstić information content (AvgIpc) is 3.03. The molecule has 1 aromatic heterocycles. The molecule has 2 rings (SSSR count). The number of ether oxygens (including phenoxy) is 1. The summed E-state index contributed by atoms with van der Waals surface area (Å²) in [5.41, 5.74) is -0.768. The maximum absolute atomic E-state index is 11.6. The molecule has 0 saturated carbocycles. The van der Waals surface area contributed by atoms with E-state index >= 15 is 0 Å². The highest BCUT2D eigenvalue weighted by Crippen LogP contribution is 2.27. The Morgan fingerprint density at radius 3 is 2.74 bits per heavy atom. The van der Waals surface area contributed by atoms with Crippen molar-refractivity contribution < 1.29 is 28.8 Å². The second kappa shape index (κ2) is 7.07. The number of benzene rings is 1. The molecule has 2 N–H and O–H groups in total. The molecule has 0 spiro atoms. The lowest BCUT2D eigenvalue weighted by atomic mass is 10.2. The lowest BCUT2D eigenvalue weighted by Crippen LogP contribution is -2.28.